The zero-order valence-electron chi connectivity index (χ0n) is 15.8. The minimum absolute atomic E-state index is 0.107. The Hall–Kier alpha value is -3.04. The molecule has 1 heterocycles. The smallest absolute Gasteiger partial charge is 0.234 e. The van der Waals surface area contributed by atoms with E-state index >= 15 is 0 Å². The Labute approximate surface area is 168 Å². The van der Waals surface area contributed by atoms with Crippen LogP contribution in [0.15, 0.2) is 59.1 Å². The average molecular weight is 391 g/mol. The van der Waals surface area contributed by atoms with Crippen molar-refractivity contribution in [2.24, 2.45) is 0 Å². The summed E-state index contributed by atoms with van der Waals surface area (Å²) in [5, 5.41) is 15.8. The fourth-order valence-electron chi connectivity index (χ4n) is 3.18. The molecule has 6 heteroatoms. The van der Waals surface area contributed by atoms with Crippen LogP contribution in [0.2, 0.25) is 0 Å². The molecule has 28 heavy (non-hydrogen) atoms. The van der Waals surface area contributed by atoms with Crippen molar-refractivity contribution in [1.29, 1.82) is 5.26 Å². The Morgan fingerprint density at radius 3 is 2.68 bits per heavy atom. The molecule has 0 fully saturated rings. The lowest BCUT2D eigenvalue weighted by Gasteiger charge is -2.25. The van der Waals surface area contributed by atoms with Crippen LogP contribution < -0.4 is 10.6 Å². The van der Waals surface area contributed by atoms with Gasteiger partial charge in [0.15, 0.2) is 0 Å². The zero-order chi connectivity index (χ0) is 20.1. The summed E-state index contributed by atoms with van der Waals surface area (Å²) in [5.74, 6) is -0.511. The molecule has 0 bridgehead atoms. The Morgan fingerprint density at radius 1 is 1.25 bits per heavy atom. The number of rotatable bonds is 5. The predicted octanol–water partition coefficient (Wildman–Crippen LogP) is 4.01. The van der Waals surface area contributed by atoms with Crippen molar-refractivity contribution in [3.63, 3.8) is 0 Å². The fourth-order valence-corrected chi connectivity index (χ4v) is 4.06. The summed E-state index contributed by atoms with van der Waals surface area (Å²) in [4.78, 5) is 24.5. The number of nitrogens with one attached hydrogen (secondary N) is 2. The van der Waals surface area contributed by atoms with Gasteiger partial charge in [-0.15, -0.1) is 0 Å². The summed E-state index contributed by atoms with van der Waals surface area (Å²) in [5.41, 5.74) is 4.30. The molecular formula is C22H21N3O2S. The van der Waals surface area contributed by atoms with E-state index in [4.69, 9.17) is 0 Å². The summed E-state index contributed by atoms with van der Waals surface area (Å²) in [6.07, 6.45) is 0.228. The lowest BCUT2D eigenvalue weighted by molar-refractivity contribution is -0.121. The number of aryl methyl sites for hydroxylation is 2. The number of hydrogen-bond donors (Lipinski definition) is 2. The molecule has 1 aliphatic rings. The van der Waals surface area contributed by atoms with E-state index in [0.29, 0.717) is 10.6 Å². The van der Waals surface area contributed by atoms with Crippen molar-refractivity contribution in [2.45, 2.75) is 26.2 Å². The Kier molecular flexibility index (Phi) is 6.17. The van der Waals surface area contributed by atoms with Crippen LogP contribution in [0.4, 0.5) is 5.69 Å². The molecule has 0 unspecified atom stereocenters. The minimum atomic E-state index is -0.287. The topological polar surface area (TPSA) is 82.0 Å². The third-order valence-corrected chi connectivity index (χ3v) is 5.58. The van der Waals surface area contributed by atoms with Crippen molar-refractivity contribution >= 4 is 29.3 Å². The summed E-state index contributed by atoms with van der Waals surface area (Å²) in [6.45, 7) is 3.94. The molecule has 2 aromatic rings. The lowest BCUT2D eigenvalue weighted by Crippen LogP contribution is -2.31. The van der Waals surface area contributed by atoms with Gasteiger partial charge < -0.3 is 10.6 Å². The number of carbonyl (C=O) groups excluding carboxylic acids is 2. The average Bonchev–Trinajstić information content (AvgIpc) is 2.68. The van der Waals surface area contributed by atoms with Crippen LogP contribution in [-0.2, 0) is 9.59 Å². The molecule has 0 spiro atoms. The van der Waals surface area contributed by atoms with Gasteiger partial charge in [0, 0.05) is 18.0 Å². The van der Waals surface area contributed by atoms with Crippen molar-refractivity contribution in [1.82, 2.24) is 5.32 Å². The molecule has 0 aromatic heterocycles. The number of hydrogen-bond acceptors (Lipinski definition) is 4. The first-order chi connectivity index (χ1) is 13.5. The SMILES string of the molecule is Cc1ccc(NC(=O)CSC2=C(C#N)[C@@H](c3ccccc3)CC(=O)N2)c(C)c1. The molecule has 0 radical (unpaired) electrons. The molecule has 1 atom stereocenters. The first kappa shape index (κ1) is 19.7. The van der Waals surface area contributed by atoms with E-state index in [-0.39, 0.29) is 29.9 Å². The van der Waals surface area contributed by atoms with Crippen LogP contribution in [0.5, 0.6) is 0 Å². The number of carbonyl (C=O) groups is 2. The molecule has 2 aromatic carbocycles. The molecule has 2 N–H and O–H groups in total. The maximum absolute atomic E-state index is 12.4. The highest BCUT2D eigenvalue weighted by molar-refractivity contribution is 8.03. The molecule has 5 nitrogen and oxygen atoms in total. The maximum atomic E-state index is 12.4. The van der Waals surface area contributed by atoms with Gasteiger partial charge in [0.1, 0.15) is 0 Å². The van der Waals surface area contributed by atoms with E-state index in [9.17, 15) is 14.9 Å². The quantitative estimate of drug-likeness (QED) is 0.807. The second kappa shape index (κ2) is 8.77. The second-order valence-corrected chi connectivity index (χ2v) is 7.71. The van der Waals surface area contributed by atoms with Gasteiger partial charge >= 0.3 is 0 Å². The van der Waals surface area contributed by atoms with Gasteiger partial charge in [0.2, 0.25) is 11.8 Å². The van der Waals surface area contributed by atoms with Crippen LogP contribution in [-0.4, -0.2) is 17.6 Å². The summed E-state index contributed by atoms with van der Waals surface area (Å²) in [7, 11) is 0. The molecular weight excluding hydrogens is 370 g/mol. The van der Waals surface area contributed by atoms with Gasteiger partial charge in [-0.1, -0.05) is 59.8 Å². The highest BCUT2D eigenvalue weighted by atomic mass is 32.2. The first-order valence-electron chi connectivity index (χ1n) is 8.97. The van der Waals surface area contributed by atoms with E-state index in [1.165, 1.54) is 11.8 Å². The largest absolute Gasteiger partial charge is 0.325 e. The van der Waals surface area contributed by atoms with Crippen molar-refractivity contribution < 1.29 is 9.59 Å². The molecule has 142 valence electrons. The lowest BCUT2D eigenvalue weighted by atomic mass is 9.87. The van der Waals surface area contributed by atoms with Crippen LogP contribution in [0.1, 0.15) is 29.0 Å². The summed E-state index contributed by atoms with van der Waals surface area (Å²) in [6, 6.07) is 17.6. The number of allylic oxidation sites excluding steroid dienone is 1. The molecule has 1 aliphatic heterocycles. The van der Waals surface area contributed by atoms with Gasteiger partial charge in [-0.3, -0.25) is 9.59 Å². The van der Waals surface area contributed by atoms with Gasteiger partial charge in [-0.05, 0) is 31.0 Å². The number of nitriles is 1. The highest BCUT2D eigenvalue weighted by Crippen LogP contribution is 2.35. The third kappa shape index (κ3) is 4.62. The number of thioether (sulfide) groups is 1. The Morgan fingerprint density at radius 2 is 2.00 bits per heavy atom. The third-order valence-electron chi connectivity index (χ3n) is 4.56. The van der Waals surface area contributed by atoms with Crippen LogP contribution >= 0.6 is 11.8 Å². The van der Waals surface area contributed by atoms with E-state index < -0.39 is 0 Å². The zero-order valence-corrected chi connectivity index (χ0v) is 16.6. The summed E-state index contributed by atoms with van der Waals surface area (Å²) < 4.78 is 0. The number of nitrogens with zero attached hydrogens (tertiary/aromatic N) is 1. The normalized spacial score (nSPS) is 16.3. The van der Waals surface area contributed by atoms with Gasteiger partial charge in [-0.2, -0.15) is 5.26 Å². The number of anilines is 1. The molecule has 0 saturated heterocycles. The number of amides is 2. The van der Waals surface area contributed by atoms with Crippen LogP contribution in [0, 0.1) is 25.2 Å². The molecule has 0 aliphatic carbocycles. The fraction of sp³-hybridized carbons (Fsp3) is 0.227. The Bertz CT molecular complexity index is 977. The van der Waals surface area contributed by atoms with Crippen molar-refractivity contribution in [3.8, 4) is 6.07 Å². The molecule has 0 saturated carbocycles. The standard InChI is InChI=1S/C22H21N3O2S/c1-14-8-9-19(15(2)10-14)24-21(27)13-28-22-18(12-23)17(11-20(26)25-22)16-6-4-3-5-7-16/h3-10,17H,11,13H2,1-2H3,(H,24,27)(H,25,26)/t17-/m1/s1. The monoisotopic (exact) mass is 391 g/mol. The van der Waals surface area contributed by atoms with Gasteiger partial charge in [0.25, 0.3) is 0 Å². The predicted molar refractivity (Wildman–Crippen MR) is 112 cm³/mol. The second-order valence-electron chi connectivity index (χ2n) is 6.73. The van der Waals surface area contributed by atoms with Crippen molar-refractivity contribution in [2.75, 3.05) is 11.1 Å². The van der Waals surface area contributed by atoms with Gasteiger partial charge in [0.05, 0.1) is 22.4 Å². The Balaban J connectivity index is 1.74. The van der Waals surface area contributed by atoms with E-state index in [0.717, 1.165) is 22.4 Å². The van der Waals surface area contributed by atoms with Crippen LogP contribution in [0.3, 0.4) is 0 Å². The van der Waals surface area contributed by atoms with Gasteiger partial charge in [-0.25, -0.2) is 0 Å². The number of benzene rings is 2. The van der Waals surface area contributed by atoms with E-state index in [2.05, 4.69) is 16.7 Å². The molecule has 2 amide bonds. The van der Waals surface area contributed by atoms with E-state index in [1.807, 2.05) is 62.4 Å². The van der Waals surface area contributed by atoms with Crippen molar-refractivity contribution in [3.05, 3.63) is 75.8 Å². The highest BCUT2D eigenvalue weighted by Gasteiger charge is 2.29. The van der Waals surface area contributed by atoms with E-state index in [1.54, 1.807) is 0 Å². The minimum Gasteiger partial charge on any atom is -0.325 e. The molecule has 3 rings (SSSR count). The van der Waals surface area contributed by atoms with Crippen LogP contribution in [0.25, 0.3) is 0 Å². The summed E-state index contributed by atoms with van der Waals surface area (Å²) >= 11 is 1.18. The maximum Gasteiger partial charge on any atom is 0.234 e. The first-order valence-corrected chi connectivity index (χ1v) is 9.95.